The number of nitrogens with zero attached hydrogens (tertiary/aromatic N) is 1. The fourth-order valence-electron chi connectivity index (χ4n) is 1.80. The number of hydrogen-bond acceptors (Lipinski definition) is 4. The molecule has 3 nitrogen and oxygen atoms in total. The van der Waals surface area contributed by atoms with E-state index in [4.69, 9.17) is 4.74 Å². The van der Waals surface area contributed by atoms with Crippen LogP contribution in [0.1, 0.15) is 28.4 Å². The summed E-state index contributed by atoms with van der Waals surface area (Å²) < 4.78 is 18.3. The summed E-state index contributed by atoms with van der Waals surface area (Å²) in [7, 11) is 1.47. The molecule has 0 bridgehead atoms. The van der Waals surface area contributed by atoms with Gasteiger partial charge in [0.1, 0.15) is 0 Å². The summed E-state index contributed by atoms with van der Waals surface area (Å²) in [6.45, 7) is 4.79. The lowest BCUT2D eigenvalue weighted by Gasteiger charge is -2.14. The number of benzene rings is 1. The van der Waals surface area contributed by atoms with Crippen molar-refractivity contribution in [1.29, 1.82) is 0 Å². The lowest BCUT2D eigenvalue weighted by molar-refractivity contribution is 0.385. The van der Waals surface area contributed by atoms with E-state index >= 15 is 0 Å². The Kier molecular flexibility index (Phi) is 4.50. The van der Waals surface area contributed by atoms with Gasteiger partial charge in [0, 0.05) is 23.7 Å². The fourth-order valence-corrected chi connectivity index (χ4v) is 2.55. The Balaban J connectivity index is 2.01. The Bertz CT molecular complexity index is 556. The van der Waals surface area contributed by atoms with E-state index in [0.29, 0.717) is 0 Å². The van der Waals surface area contributed by atoms with E-state index in [9.17, 15) is 4.39 Å². The Morgan fingerprint density at radius 2 is 2.26 bits per heavy atom. The standard InChI is InChI=1S/C14H17FN2OS/c1-9(16-7-12-8-17-10(2)19-12)11-4-5-13(15)14(6-11)18-3/h4-6,8-9,16H,7H2,1-3H3. The average molecular weight is 280 g/mol. The number of aromatic nitrogens is 1. The zero-order chi connectivity index (χ0) is 13.8. The van der Waals surface area contributed by atoms with Gasteiger partial charge in [-0.1, -0.05) is 6.07 Å². The molecule has 1 aromatic heterocycles. The third-order valence-corrected chi connectivity index (χ3v) is 3.84. The third kappa shape index (κ3) is 3.52. The van der Waals surface area contributed by atoms with Crippen molar-refractivity contribution in [3.8, 4) is 5.75 Å². The van der Waals surface area contributed by atoms with Crippen molar-refractivity contribution in [2.24, 2.45) is 0 Å². The van der Waals surface area contributed by atoms with Crippen LogP contribution in [0.4, 0.5) is 4.39 Å². The van der Waals surface area contributed by atoms with E-state index in [1.165, 1.54) is 18.1 Å². The third-order valence-electron chi connectivity index (χ3n) is 2.93. The molecule has 0 saturated carbocycles. The molecule has 1 unspecified atom stereocenters. The van der Waals surface area contributed by atoms with E-state index in [1.807, 2.05) is 20.0 Å². The van der Waals surface area contributed by atoms with Gasteiger partial charge in [-0.2, -0.15) is 0 Å². The van der Waals surface area contributed by atoms with Gasteiger partial charge in [-0.05, 0) is 31.5 Å². The first-order valence-electron chi connectivity index (χ1n) is 6.08. The van der Waals surface area contributed by atoms with E-state index < -0.39 is 0 Å². The van der Waals surface area contributed by atoms with Crippen LogP contribution in [-0.4, -0.2) is 12.1 Å². The highest BCUT2D eigenvalue weighted by molar-refractivity contribution is 7.11. The van der Waals surface area contributed by atoms with Crippen molar-refractivity contribution >= 4 is 11.3 Å². The van der Waals surface area contributed by atoms with Gasteiger partial charge in [0.05, 0.1) is 12.1 Å². The van der Waals surface area contributed by atoms with Crippen molar-refractivity contribution in [3.63, 3.8) is 0 Å². The van der Waals surface area contributed by atoms with Gasteiger partial charge in [-0.25, -0.2) is 9.37 Å². The number of aryl methyl sites for hydroxylation is 1. The molecule has 0 amide bonds. The molecule has 1 heterocycles. The molecule has 2 rings (SSSR count). The van der Waals surface area contributed by atoms with Crippen molar-refractivity contribution in [3.05, 3.63) is 45.7 Å². The topological polar surface area (TPSA) is 34.1 Å². The van der Waals surface area contributed by atoms with Crippen LogP contribution in [0.3, 0.4) is 0 Å². The summed E-state index contributed by atoms with van der Waals surface area (Å²) in [5, 5.41) is 4.45. The molecule has 1 atom stereocenters. The van der Waals surface area contributed by atoms with Crippen LogP contribution < -0.4 is 10.1 Å². The van der Waals surface area contributed by atoms with Gasteiger partial charge in [0.2, 0.25) is 0 Å². The van der Waals surface area contributed by atoms with Crippen molar-refractivity contribution in [1.82, 2.24) is 10.3 Å². The SMILES string of the molecule is COc1cc(C(C)NCc2cnc(C)s2)ccc1F. The molecule has 2 aromatic rings. The highest BCUT2D eigenvalue weighted by Crippen LogP contribution is 2.23. The smallest absolute Gasteiger partial charge is 0.165 e. The van der Waals surface area contributed by atoms with E-state index in [2.05, 4.69) is 10.3 Å². The molecule has 0 aliphatic rings. The van der Waals surface area contributed by atoms with Gasteiger partial charge < -0.3 is 10.1 Å². The summed E-state index contributed by atoms with van der Waals surface area (Å²) in [4.78, 5) is 5.41. The minimum Gasteiger partial charge on any atom is -0.494 e. The molecule has 1 aromatic carbocycles. The number of ether oxygens (including phenoxy) is 1. The maximum atomic E-state index is 13.3. The highest BCUT2D eigenvalue weighted by atomic mass is 32.1. The summed E-state index contributed by atoms with van der Waals surface area (Å²) in [5.74, 6) is -0.0590. The van der Waals surface area contributed by atoms with Crippen LogP contribution in [0.25, 0.3) is 0 Å². The Morgan fingerprint density at radius 3 is 2.89 bits per heavy atom. The second kappa shape index (κ2) is 6.12. The number of halogens is 1. The summed E-state index contributed by atoms with van der Waals surface area (Å²) >= 11 is 1.68. The summed E-state index contributed by atoms with van der Waals surface area (Å²) in [5.41, 5.74) is 1.000. The zero-order valence-corrected chi connectivity index (χ0v) is 12.1. The Morgan fingerprint density at radius 1 is 1.47 bits per heavy atom. The summed E-state index contributed by atoms with van der Waals surface area (Å²) in [6.07, 6.45) is 1.88. The molecule has 102 valence electrons. The first kappa shape index (κ1) is 14.0. The van der Waals surface area contributed by atoms with Crippen LogP contribution in [0.5, 0.6) is 5.75 Å². The summed E-state index contributed by atoms with van der Waals surface area (Å²) in [6, 6.07) is 5.05. The molecule has 0 fully saturated rings. The molecular formula is C14H17FN2OS. The fraction of sp³-hybridized carbons (Fsp3) is 0.357. The van der Waals surface area contributed by atoms with Gasteiger partial charge >= 0.3 is 0 Å². The molecule has 5 heteroatoms. The Hall–Kier alpha value is -1.46. The van der Waals surface area contributed by atoms with Gasteiger partial charge in [0.15, 0.2) is 11.6 Å². The highest BCUT2D eigenvalue weighted by Gasteiger charge is 2.09. The minimum atomic E-state index is -0.337. The lowest BCUT2D eigenvalue weighted by atomic mass is 10.1. The van der Waals surface area contributed by atoms with Crippen LogP contribution in [0.2, 0.25) is 0 Å². The van der Waals surface area contributed by atoms with E-state index in [-0.39, 0.29) is 17.6 Å². The second-order valence-electron chi connectivity index (χ2n) is 4.34. The average Bonchev–Trinajstić information content (AvgIpc) is 2.82. The van der Waals surface area contributed by atoms with Crippen LogP contribution in [0.15, 0.2) is 24.4 Å². The molecule has 0 saturated heterocycles. The van der Waals surface area contributed by atoms with Crippen LogP contribution >= 0.6 is 11.3 Å². The number of methoxy groups -OCH3 is 1. The quantitative estimate of drug-likeness (QED) is 0.911. The van der Waals surface area contributed by atoms with E-state index in [0.717, 1.165) is 17.1 Å². The Labute approximate surface area is 116 Å². The molecular weight excluding hydrogens is 263 g/mol. The van der Waals surface area contributed by atoms with E-state index in [1.54, 1.807) is 23.5 Å². The molecule has 1 N–H and O–H groups in total. The number of thiazole rings is 1. The first-order valence-corrected chi connectivity index (χ1v) is 6.90. The lowest BCUT2D eigenvalue weighted by Crippen LogP contribution is -2.17. The normalized spacial score (nSPS) is 12.4. The number of rotatable bonds is 5. The zero-order valence-electron chi connectivity index (χ0n) is 11.2. The molecule has 19 heavy (non-hydrogen) atoms. The largest absolute Gasteiger partial charge is 0.494 e. The van der Waals surface area contributed by atoms with Gasteiger partial charge in [-0.3, -0.25) is 0 Å². The maximum absolute atomic E-state index is 13.3. The molecule has 0 aliphatic carbocycles. The van der Waals surface area contributed by atoms with Crippen LogP contribution in [0, 0.1) is 12.7 Å². The van der Waals surface area contributed by atoms with Crippen molar-refractivity contribution in [2.45, 2.75) is 26.4 Å². The van der Waals surface area contributed by atoms with Gasteiger partial charge in [-0.15, -0.1) is 11.3 Å². The van der Waals surface area contributed by atoms with Crippen molar-refractivity contribution in [2.75, 3.05) is 7.11 Å². The molecule has 0 spiro atoms. The number of hydrogen-bond donors (Lipinski definition) is 1. The maximum Gasteiger partial charge on any atom is 0.165 e. The monoisotopic (exact) mass is 280 g/mol. The molecule has 0 radical (unpaired) electrons. The first-order chi connectivity index (χ1) is 9.10. The molecule has 0 aliphatic heterocycles. The van der Waals surface area contributed by atoms with Crippen LogP contribution in [-0.2, 0) is 6.54 Å². The van der Waals surface area contributed by atoms with Crippen molar-refractivity contribution < 1.29 is 9.13 Å². The number of nitrogens with one attached hydrogen (secondary N) is 1. The second-order valence-corrected chi connectivity index (χ2v) is 5.66. The predicted octanol–water partition coefficient (Wildman–Crippen LogP) is 3.45. The van der Waals surface area contributed by atoms with Gasteiger partial charge in [0.25, 0.3) is 0 Å². The predicted molar refractivity (Wildman–Crippen MR) is 75.1 cm³/mol. The minimum absolute atomic E-state index is 0.122.